The van der Waals surface area contributed by atoms with Crippen LogP contribution in [0.1, 0.15) is 58.2 Å². The van der Waals surface area contributed by atoms with Crippen molar-refractivity contribution >= 4 is 19.8 Å². The van der Waals surface area contributed by atoms with Crippen LogP contribution in [-0.2, 0) is 21.9 Å². The first-order valence-electron chi connectivity index (χ1n) is 10.6. The molecule has 0 aliphatic carbocycles. The predicted molar refractivity (Wildman–Crippen MR) is 129 cm³/mol. The summed E-state index contributed by atoms with van der Waals surface area (Å²) in [6.07, 6.45) is 0. The Labute approximate surface area is 178 Å². The highest BCUT2D eigenvalue weighted by molar-refractivity contribution is 6.48. The van der Waals surface area contributed by atoms with Gasteiger partial charge >= 0.3 is 0 Å². The highest BCUT2D eigenvalue weighted by Crippen LogP contribution is 2.39. The van der Waals surface area contributed by atoms with Gasteiger partial charge in [0, 0.05) is 0 Å². The van der Waals surface area contributed by atoms with Gasteiger partial charge in [-0.2, -0.15) is 0 Å². The standard InChI is InChI=1S/C27H35OSi/c1-26(2,3)22-16-23(21-14-13-19-11-9-10-12-20(19)15-21)24(18-28-29(7)8)25(17-22)27(4,5)6/h9-17H,18H2,1-8H3. The number of rotatable bonds is 4. The van der Waals surface area contributed by atoms with Crippen LogP contribution in [0.2, 0.25) is 13.1 Å². The molecule has 0 amide bonds. The summed E-state index contributed by atoms with van der Waals surface area (Å²) in [6, 6.07) is 20.3. The summed E-state index contributed by atoms with van der Waals surface area (Å²) in [4.78, 5) is 0. The third-order valence-corrected chi connectivity index (χ3v) is 6.21. The molecule has 29 heavy (non-hydrogen) atoms. The highest BCUT2D eigenvalue weighted by Gasteiger charge is 2.25. The zero-order valence-electron chi connectivity index (χ0n) is 19.3. The second-order valence-corrected chi connectivity index (χ2v) is 12.4. The van der Waals surface area contributed by atoms with E-state index in [1.54, 1.807) is 0 Å². The maximum absolute atomic E-state index is 6.24. The van der Waals surface area contributed by atoms with Crippen LogP contribution < -0.4 is 0 Å². The maximum atomic E-state index is 6.24. The summed E-state index contributed by atoms with van der Waals surface area (Å²) < 4.78 is 6.24. The molecular weight excluding hydrogens is 368 g/mol. The lowest BCUT2D eigenvalue weighted by atomic mass is 9.76. The molecule has 0 spiro atoms. The maximum Gasteiger partial charge on any atom is 0.205 e. The van der Waals surface area contributed by atoms with E-state index in [9.17, 15) is 0 Å². The third kappa shape index (κ3) is 4.99. The quantitative estimate of drug-likeness (QED) is 0.403. The highest BCUT2D eigenvalue weighted by atomic mass is 28.3. The Kier molecular flexibility index (Phi) is 6.07. The largest absolute Gasteiger partial charge is 0.413 e. The minimum Gasteiger partial charge on any atom is -0.413 e. The van der Waals surface area contributed by atoms with Gasteiger partial charge in [-0.25, -0.2) is 0 Å². The van der Waals surface area contributed by atoms with Crippen molar-refractivity contribution in [3.63, 3.8) is 0 Å². The summed E-state index contributed by atoms with van der Waals surface area (Å²) in [6.45, 7) is 18.9. The first-order chi connectivity index (χ1) is 13.5. The van der Waals surface area contributed by atoms with Gasteiger partial charge in [-0.1, -0.05) is 90.1 Å². The summed E-state index contributed by atoms with van der Waals surface area (Å²) >= 11 is 0. The topological polar surface area (TPSA) is 9.23 Å². The molecule has 2 heteroatoms. The molecule has 3 rings (SSSR count). The minimum absolute atomic E-state index is 0.0555. The Morgan fingerprint density at radius 1 is 0.759 bits per heavy atom. The third-order valence-electron chi connectivity index (χ3n) is 5.49. The molecule has 0 saturated carbocycles. The van der Waals surface area contributed by atoms with Gasteiger partial charge in [0.05, 0.1) is 6.61 Å². The Hall–Kier alpha value is -1.90. The fourth-order valence-electron chi connectivity index (χ4n) is 3.76. The molecule has 1 nitrogen and oxygen atoms in total. The Bertz CT molecular complexity index is 1000. The van der Waals surface area contributed by atoms with Crippen molar-refractivity contribution < 1.29 is 4.43 Å². The SMILES string of the molecule is C[Si](C)OCc1c(-c2ccc3ccccc3c2)cc(C(C)(C)C)cc1C(C)(C)C. The van der Waals surface area contributed by atoms with Crippen molar-refractivity contribution in [2.45, 2.75) is 72.1 Å². The van der Waals surface area contributed by atoms with E-state index in [4.69, 9.17) is 4.43 Å². The summed E-state index contributed by atoms with van der Waals surface area (Å²) in [7, 11) is -0.764. The van der Waals surface area contributed by atoms with Gasteiger partial charge in [-0.05, 0) is 68.6 Å². The first-order valence-corrected chi connectivity index (χ1v) is 13.0. The molecule has 3 aromatic rings. The van der Waals surface area contributed by atoms with Crippen LogP contribution in [-0.4, -0.2) is 9.04 Å². The van der Waals surface area contributed by atoms with Crippen LogP contribution in [0.25, 0.3) is 21.9 Å². The van der Waals surface area contributed by atoms with Crippen LogP contribution >= 0.6 is 0 Å². The van der Waals surface area contributed by atoms with Crippen molar-refractivity contribution in [1.82, 2.24) is 0 Å². The zero-order valence-corrected chi connectivity index (χ0v) is 20.3. The lowest BCUT2D eigenvalue weighted by Gasteiger charge is -2.30. The van der Waals surface area contributed by atoms with Crippen molar-refractivity contribution in [1.29, 1.82) is 0 Å². The Morgan fingerprint density at radius 3 is 2.00 bits per heavy atom. The van der Waals surface area contributed by atoms with Crippen molar-refractivity contribution in [3.05, 3.63) is 71.3 Å². The Balaban J connectivity index is 2.30. The van der Waals surface area contributed by atoms with E-state index in [0.29, 0.717) is 6.61 Å². The van der Waals surface area contributed by atoms with E-state index >= 15 is 0 Å². The molecule has 0 aromatic heterocycles. The lowest BCUT2D eigenvalue weighted by molar-refractivity contribution is 0.311. The molecule has 3 aromatic carbocycles. The molecule has 0 bridgehead atoms. The number of fused-ring (bicyclic) bond motifs is 1. The molecule has 0 fully saturated rings. The number of hydrogen-bond acceptors (Lipinski definition) is 1. The molecule has 0 aliphatic heterocycles. The average Bonchev–Trinajstić information content (AvgIpc) is 2.63. The summed E-state index contributed by atoms with van der Waals surface area (Å²) in [5, 5.41) is 2.57. The van der Waals surface area contributed by atoms with E-state index in [0.717, 1.165) is 0 Å². The molecule has 0 aliphatic rings. The fourth-order valence-corrected chi connectivity index (χ4v) is 4.19. The summed E-state index contributed by atoms with van der Waals surface area (Å²) in [5.41, 5.74) is 6.86. The van der Waals surface area contributed by atoms with Crippen molar-refractivity contribution in [2.75, 3.05) is 0 Å². The van der Waals surface area contributed by atoms with Gasteiger partial charge in [0.2, 0.25) is 9.04 Å². The second kappa shape index (κ2) is 8.08. The van der Waals surface area contributed by atoms with E-state index in [-0.39, 0.29) is 10.8 Å². The van der Waals surface area contributed by atoms with Crippen LogP contribution in [0, 0.1) is 0 Å². The van der Waals surface area contributed by atoms with Gasteiger partial charge in [-0.3, -0.25) is 0 Å². The molecule has 0 N–H and O–H groups in total. The second-order valence-electron chi connectivity index (χ2n) is 10.3. The fraction of sp³-hybridized carbons (Fsp3) is 0.407. The van der Waals surface area contributed by atoms with Crippen LogP contribution in [0.5, 0.6) is 0 Å². The monoisotopic (exact) mass is 403 g/mol. The summed E-state index contributed by atoms with van der Waals surface area (Å²) in [5.74, 6) is 0. The first kappa shape index (κ1) is 21.8. The van der Waals surface area contributed by atoms with Crippen LogP contribution in [0.3, 0.4) is 0 Å². The average molecular weight is 404 g/mol. The van der Waals surface area contributed by atoms with Gasteiger partial charge in [0.25, 0.3) is 0 Å². The zero-order chi connectivity index (χ0) is 21.4. The van der Waals surface area contributed by atoms with Gasteiger partial charge in [0.1, 0.15) is 0 Å². The number of hydrogen-bond donors (Lipinski definition) is 0. The molecular formula is C27H35OSi. The molecule has 153 valence electrons. The van der Waals surface area contributed by atoms with E-state index in [1.807, 2.05) is 0 Å². The van der Waals surface area contributed by atoms with Crippen LogP contribution in [0.15, 0.2) is 54.6 Å². The van der Waals surface area contributed by atoms with E-state index in [2.05, 4.69) is 109 Å². The molecule has 0 atom stereocenters. The smallest absolute Gasteiger partial charge is 0.205 e. The molecule has 1 radical (unpaired) electrons. The van der Waals surface area contributed by atoms with Gasteiger partial charge in [0.15, 0.2) is 0 Å². The number of benzene rings is 3. The molecule has 0 heterocycles. The van der Waals surface area contributed by atoms with E-state index in [1.165, 1.54) is 38.6 Å². The van der Waals surface area contributed by atoms with Gasteiger partial charge in [-0.15, -0.1) is 0 Å². The van der Waals surface area contributed by atoms with Gasteiger partial charge < -0.3 is 4.43 Å². The predicted octanol–water partition coefficient (Wildman–Crippen LogP) is 7.87. The molecule has 0 saturated heterocycles. The lowest BCUT2D eigenvalue weighted by Crippen LogP contribution is -2.21. The normalized spacial score (nSPS) is 12.7. The van der Waals surface area contributed by atoms with E-state index < -0.39 is 9.04 Å². The van der Waals surface area contributed by atoms with Crippen LogP contribution in [0.4, 0.5) is 0 Å². The van der Waals surface area contributed by atoms with Crippen molar-refractivity contribution in [3.8, 4) is 11.1 Å². The van der Waals surface area contributed by atoms with Crippen molar-refractivity contribution in [2.24, 2.45) is 0 Å². The molecule has 0 unspecified atom stereocenters. The minimum atomic E-state index is -0.764. The Morgan fingerprint density at radius 2 is 1.41 bits per heavy atom.